The third kappa shape index (κ3) is 2.16. The average Bonchev–Trinajstić information content (AvgIpc) is 2.48. The monoisotopic (exact) mass is 316 g/mol. The van der Waals surface area contributed by atoms with Crippen LogP contribution in [0, 0.1) is 13.8 Å². The lowest BCUT2D eigenvalue weighted by Gasteiger charge is -2.36. The predicted molar refractivity (Wildman–Crippen MR) is 91.5 cm³/mol. The molecule has 0 bridgehead atoms. The average molecular weight is 316 g/mol. The summed E-state index contributed by atoms with van der Waals surface area (Å²) in [7, 11) is 3.97. The molecule has 1 aliphatic heterocycles. The van der Waals surface area contributed by atoms with Crippen LogP contribution in [0.25, 0.3) is 0 Å². The molecule has 0 saturated heterocycles. The van der Waals surface area contributed by atoms with Crippen LogP contribution in [0.4, 0.5) is 0 Å². The van der Waals surface area contributed by atoms with Gasteiger partial charge in [0.1, 0.15) is 0 Å². The van der Waals surface area contributed by atoms with Crippen molar-refractivity contribution in [1.82, 2.24) is 0 Å². The zero-order valence-electron chi connectivity index (χ0n) is 13.6. The number of hydrogen-bond acceptors (Lipinski definition) is 3. The molecule has 2 aromatic carbocycles. The van der Waals surface area contributed by atoms with E-state index in [2.05, 4.69) is 49.3 Å². The quantitative estimate of drug-likeness (QED) is 0.737. The number of hydrogen-bond donors (Lipinski definition) is 0. The third-order valence-corrected chi connectivity index (χ3v) is 4.55. The molecule has 1 heterocycles. The third-order valence-electron chi connectivity index (χ3n) is 4.30. The summed E-state index contributed by atoms with van der Waals surface area (Å²) in [6.07, 6.45) is 0. The molecule has 4 heteroatoms. The van der Waals surface area contributed by atoms with E-state index >= 15 is 0 Å². The Morgan fingerprint density at radius 1 is 0.909 bits per heavy atom. The Balaban J connectivity index is 2.32. The Morgan fingerprint density at radius 3 is 1.91 bits per heavy atom. The fraction of sp³-hybridized carbons (Fsp3) is 0.333. The van der Waals surface area contributed by atoms with E-state index in [4.69, 9.17) is 14.0 Å². The summed E-state index contributed by atoms with van der Waals surface area (Å²) in [5.74, 6) is 3.02. The highest BCUT2D eigenvalue weighted by atomic mass is 31.0. The number of aryl methyl sites for hydroxylation is 2. The van der Waals surface area contributed by atoms with Crippen molar-refractivity contribution < 1.29 is 14.0 Å². The van der Waals surface area contributed by atoms with Crippen molar-refractivity contribution in [1.29, 1.82) is 0 Å². The van der Waals surface area contributed by atoms with Gasteiger partial charge in [-0.25, -0.2) is 0 Å². The van der Waals surface area contributed by atoms with Gasteiger partial charge in [-0.1, -0.05) is 26.0 Å². The molecule has 1 unspecified atom stereocenters. The van der Waals surface area contributed by atoms with Gasteiger partial charge in [0, 0.05) is 16.5 Å². The maximum absolute atomic E-state index is 6.20. The van der Waals surface area contributed by atoms with Crippen molar-refractivity contribution in [3.63, 3.8) is 0 Å². The lowest BCUT2D eigenvalue weighted by atomic mass is 9.74. The summed E-state index contributed by atoms with van der Waals surface area (Å²) in [4.78, 5) is 0. The summed E-state index contributed by atoms with van der Waals surface area (Å²) in [5.41, 5.74) is 4.38. The van der Waals surface area contributed by atoms with Gasteiger partial charge in [-0.3, -0.25) is 0 Å². The van der Waals surface area contributed by atoms with Crippen LogP contribution in [0.3, 0.4) is 0 Å². The van der Waals surface area contributed by atoms with Crippen LogP contribution in [0.2, 0.25) is 0 Å². The van der Waals surface area contributed by atoms with Crippen molar-refractivity contribution in [2.24, 2.45) is 0 Å². The molecule has 22 heavy (non-hydrogen) atoms. The van der Waals surface area contributed by atoms with E-state index in [-0.39, 0.29) is 5.41 Å². The second kappa shape index (κ2) is 5.17. The fourth-order valence-corrected chi connectivity index (χ4v) is 3.28. The van der Waals surface area contributed by atoms with Gasteiger partial charge in [0.25, 0.3) is 0 Å². The molecule has 116 valence electrons. The molecule has 1 atom stereocenters. The minimum Gasteiger partial charge on any atom is -0.493 e. The first-order valence-corrected chi connectivity index (χ1v) is 7.74. The molecule has 0 radical (unpaired) electrons. The SMILES string of the molecule is COc1cc(C)cc2c1Oc1c(OP)cc(C)cc1C2(C)C. The summed E-state index contributed by atoms with van der Waals surface area (Å²) >= 11 is 0. The van der Waals surface area contributed by atoms with E-state index in [0.717, 1.165) is 45.3 Å². The highest BCUT2D eigenvalue weighted by molar-refractivity contribution is 7.10. The predicted octanol–water partition coefficient (Wildman–Crippen LogP) is 4.91. The minimum atomic E-state index is -0.188. The molecule has 3 rings (SSSR count). The fourth-order valence-electron chi connectivity index (χ4n) is 3.11. The second-order valence-electron chi connectivity index (χ2n) is 6.33. The standard InChI is InChI=1S/C18H21O3P/c1-10-6-12-16(14(8-10)19-5)20-17-13(18(12,3)4)7-11(2)9-15(17)21-22/h6-9H,22H2,1-5H3. The van der Waals surface area contributed by atoms with Crippen molar-refractivity contribution in [3.05, 3.63) is 46.5 Å². The maximum Gasteiger partial charge on any atom is 0.173 e. The number of rotatable bonds is 2. The van der Waals surface area contributed by atoms with Crippen LogP contribution in [-0.4, -0.2) is 7.11 Å². The largest absolute Gasteiger partial charge is 0.493 e. The highest BCUT2D eigenvalue weighted by Crippen LogP contribution is 2.54. The molecule has 0 aliphatic carbocycles. The van der Waals surface area contributed by atoms with Gasteiger partial charge in [-0.2, -0.15) is 0 Å². The lowest BCUT2D eigenvalue weighted by Crippen LogP contribution is -2.25. The minimum absolute atomic E-state index is 0.188. The van der Waals surface area contributed by atoms with E-state index in [1.54, 1.807) is 7.11 Å². The van der Waals surface area contributed by atoms with Crippen molar-refractivity contribution in [2.45, 2.75) is 33.1 Å². The van der Waals surface area contributed by atoms with E-state index in [1.165, 1.54) is 0 Å². The van der Waals surface area contributed by atoms with Crippen molar-refractivity contribution in [2.75, 3.05) is 7.11 Å². The number of methoxy groups -OCH3 is 1. The Kier molecular flexibility index (Phi) is 3.57. The van der Waals surface area contributed by atoms with Crippen LogP contribution in [0.5, 0.6) is 23.0 Å². The molecule has 0 aromatic heterocycles. The summed E-state index contributed by atoms with van der Waals surface area (Å²) in [6, 6.07) is 8.31. The summed E-state index contributed by atoms with van der Waals surface area (Å²) in [6.45, 7) is 8.55. The van der Waals surface area contributed by atoms with E-state index in [9.17, 15) is 0 Å². The second-order valence-corrected chi connectivity index (χ2v) is 6.56. The van der Waals surface area contributed by atoms with Gasteiger partial charge in [-0.05, 0) is 37.1 Å². The van der Waals surface area contributed by atoms with E-state index < -0.39 is 0 Å². The molecule has 1 aliphatic rings. The molecule has 2 aromatic rings. The summed E-state index contributed by atoms with van der Waals surface area (Å²) < 4.78 is 17.2. The molecule has 0 spiro atoms. The number of fused-ring (bicyclic) bond motifs is 2. The Morgan fingerprint density at radius 2 is 1.41 bits per heavy atom. The van der Waals surface area contributed by atoms with Gasteiger partial charge in [0.2, 0.25) is 0 Å². The number of ether oxygens (including phenoxy) is 2. The van der Waals surface area contributed by atoms with E-state index in [1.807, 2.05) is 12.1 Å². The molecule has 3 nitrogen and oxygen atoms in total. The van der Waals surface area contributed by atoms with E-state index in [0.29, 0.717) is 0 Å². The molecular weight excluding hydrogens is 295 g/mol. The zero-order chi connectivity index (χ0) is 16.1. The van der Waals surface area contributed by atoms with Gasteiger partial charge in [0.05, 0.1) is 16.6 Å². The lowest BCUT2D eigenvalue weighted by molar-refractivity contribution is 0.351. The Labute approximate surface area is 133 Å². The van der Waals surface area contributed by atoms with Crippen molar-refractivity contribution >= 4 is 9.47 Å². The van der Waals surface area contributed by atoms with Crippen molar-refractivity contribution in [3.8, 4) is 23.0 Å². The molecule has 0 N–H and O–H groups in total. The number of benzene rings is 2. The van der Waals surface area contributed by atoms with Crippen LogP contribution >= 0.6 is 9.47 Å². The first kappa shape index (κ1) is 15.2. The Hall–Kier alpha value is -1.73. The first-order chi connectivity index (χ1) is 10.4. The van der Waals surface area contributed by atoms with Gasteiger partial charge < -0.3 is 14.0 Å². The first-order valence-electron chi connectivity index (χ1n) is 7.27. The van der Waals surface area contributed by atoms with Gasteiger partial charge in [0.15, 0.2) is 23.0 Å². The van der Waals surface area contributed by atoms with Gasteiger partial charge in [-0.15, -0.1) is 0 Å². The maximum atomic E-state index is 6.20. The smallest absolute Gasteiger partial charge is 0.173 e. The van der Waals surface area contributed by atoms with Gasteiger partial charge >= 0.3 is 0 Å². The van der Waals surface area contributed by atoms with Crippen LogP contribution in [0.15, 0.2) is 24.3 Å². The molecule has 0 amide bonds. The molecule has 0 saturated carbocycles. The Bertz CT molecular complexity index is 689. The molecular formula is C18H21O3P. The zero-order valence-corrected chi connectivity index (χ0v) is 14.8. The highest BCUT2D eigenvalue weighted by Gasteiger charge is 2.38. The van der Waals surface area contributed by atoms with Crippen LogP contribution < -0.4 is 14.0 Å². The van der Waals surface area contributed by atoms with Crippen LogP contribution in [-0.2, 0) is 5.41 Å². The molecule has 0 fully saturated rings. The summed E-state index contributed by atoms with van der Waals surface area (Å²) in [5, 5.41) is 0. The topological polar surface area (TPSA) is 27.7 Å². The van der Waals surface area contributed by atoms with Crippen LogP contribution in [0.1, 0.15) is 36.1 Å². The normalized spacial score (nSPS) is 14.6.